The SMILES string of the molecule is CCC1(c2ccccc2)OC1(C(=O)c1ccccc1)n1nnc2ccccc21. The van der Waals surface area contributed by atoms with Crippen LogP contribution in [-0.4, -0.2) is 20.8 Å². The lowest BCUT2D eigenvalue weighted by molar-refractivity contribution is 0.0770. The summed E-state index contributed by atoms with van der Waals surface area (Å²) in [6, 6.07) is 26.8. The molecule has 1 aliphatic heterocycles. The molecule has 0 N–H and O–H groups in total. The first-order valence-corrected chi connectivity index (χ1v) is 9.39. The molecule has 1 aromatic heterocycles. The first-order valence-electron chi connectivity index (χ1n) is 9.39. The molecule has 5 nitrogen and oxygen atoms in total. The monoisotopic (exact) mass is 369 g/mol. The molecule has 2 heterocycles. The summed E-state index contributed by atoms with van der Waals surface area (Å²) in [5.41, 5.74) is 1.00. The standard InChI is InChI=1S/C23H19N3O2/c1-2-22(18-13-7-4-8-14-18)23(28-22,21(27)17-11-5-3-6-12-17)26-20-16-10-9-15-19(20)24-25-26/h3-16H,2H2,1H3. The summed E-state index contributed by atoms with van der Waals surface area (Å²) >= 11 is 0. The number of ether oxygens (including phenoxy) is 1. The zero-order valence-corrected chi connectivity index (χ0v) is 15.4. The first kappa shape index (κ1) is 16.8. The summed E-state index contributed by atoms with van der Waals surface area (Å²) in [6.07, 6.45) is 0.629. The number of nitrogens with zero attached hydrogens (tertiary/aromatic N) is 3. The van der Waals surface area contributed by atoms with Crippen LogP contribution in [0.4, 0.5) is 0 Å². The van der Waals surface area contributed by atoms with Crippen molar-refractivity contribution < 1.29 is 9.53 Å². The third kappa shape index (κ3) is 2.14. The third-order valence-electron chi connectivity index (χ3n) is 5.56. The maximum Gasteiger partial charge on any atom is 0.261 e. The quantitative estimate of drug-likeness (QED) is 0.389. The second-order valence-corrected chi connectivity index (χ2v) is 6.98. The number of epoxide rings is 1. The van der Waals surface area contributed by atoms with E-state index in [1.54, 1.807) is 4.68 Å². The van der Waals surface area contributed by atoms with Crippen LogP contribution in [0.3, 0.4) is 0 Å². The van der Waals surface area contributed by atoms with E-state index in [9.17, 15) is 4.79 Å². The molecule has 1 fully saturated rings. The van der Waals surface area contributed by atoms with Crippen molar-refractivity contribution in [3.63, 3.8) is 0 Å². The minimum atomic E-state index is -1.26. The maximum absolute atomic E-state index is 13.8. The summed E-state index contributed by atoms with van der Waals surface area (Å²) < 4.78 is 8.07. The molecular formula is C23H19N3O2. The molecule has 2 unspecified atom stereocenters. The number of para-hydroxylation sites is 1. The summed E-state index contributed by atoms with van der Waals surface area (Å²) in [6.45, 7) is 2.03. The van der Waals surface area contributed by atoms with Crippen LogP contribution in [0.25, 0.3) is 11.0 Å². The lowest BCUT2D eigenvalue weighted by Crippen LogP contribution is -2.37. The molecule has 0 radical (unpaired) electrons. The van der Waals surface area contributed by atoms with Crippen molar-refractivity contribution in [1.29, 1.82) is 0 Å². The highest BCUT2D eigenvalue weighted by molar-refractivity contribution is 6.04. The minimum Gasteiger partial charge on any atom is -0.327 e. The van der Waals surface area contributed by atoms with E-state index in [4.69, 9.17) is 4.74 Å². The van der Waals surface area contributed by atoms with Crippen LogP contribution >= 0.6 is 0 Å². The van der Waals surface area contributed by atoms with Crippen LogP contribution in [0.1, 0.15) is 29.3 Å². The normalized spacial score (nSPS) is 23.6. The fourth-order valence-electron chi connectivity index (χ4n) is 4.13. The van der Waals surface area contributed by atoms with E-state index >= 15 is 0 Å². The zero-order valence-electron chi connectivity index (χ0n) is 15.4. The molecule has 5 heteroatoms. The second-order valence-electron chi connectivity index (χ2n) is 6.98. The van der Waals surface area contributed by atoms with Gasteiger partial charge in [0.25, 0.3) is 5.72 Å². The van der Waals surface area contributed by atoms with E-state index in [2.05, 4.69) is 10.3 Å². The van der Waals surface area contributed by atoms with Gasteiger partial charge in [0, 0.05) is 5.56 Å². The number of ketones is 1. The number of Topliss-reactive ketones (excluding diaryl/α,β-unsaturated/α-hetero) is 1. The number of benzene rings is 3. The summed E-state index contributed by atoms with van der Waals surface area (Å²) in [5, 5.41) is 8.64. The Hall–Kier alpha value is -3.31. The molecule has 138 valence electrons. The molecular weight excluding hydrogens is 350 g/mol. The molecule has 28 heavy (non-hydrogen) atoms. The van der Waals surface area contributed by atoms with Crippen molar-refractivity contribution in [3.05, 3.63) is 96.1 Å². The Morgan fingerprint density at radius 3 is 2.29 bits per heavy atom. The van der Waals surface area contributed by atoms with E-state index in [-0.39, 0.29) is 5.78 Å². The number of fused-ring (bicyclic) bond motifs is 1. The van der Waals surface area contributed by atoms with Gasteiger partial charge in [-0.1, -0.05) is 84.9 Å². The summed E-state index contributed by atoms with van der Waals surface area (Å²) in [5.74, 6) is -0.116. The van der Waals surface area contributed by atoms with Gasteiger partial charge in [-0.2, -0.15) is 0 Å². The average Bonchev–Trinajstić information content (AvgIpc) is 3.28. The van der Waals surface area contributed by atoms with Crippen molar-refractivity contribution >= 4 is 16.8 Å². The van der Waals surface area contributed by atoms with Gasteiger partial charge >= 0.3 is 0 Å². The number of aromatic nitrogens is 3. The van der Waals surface area contributed by atoms with Gasteiger partial charge in [-0.05, 0) is 24.1 Å². The molecule has 1 saturated heterocycles. The Morgan fingerprint density at radius 2 is 1.57 bits per heavy atom. The second kappa shape index (κ2) is 6.11. The lowest BCUT2D eigenvalue weighted by atomic mass is 9.84. The molecule has 0 bridgehead atoms. The number of rotatable bonds is 5. The van der Waals surface area contributed by atoms with Crippen molar-refractivity contribution in [2.45, 2.75) is 24.7 Å². The van der Waals surface area contributed by atoms with Gasteiger partial charge in [0.15, 0.2) is 5.60 Å². The molecule has 5 rings (SSSR count). The van der Waals surface area contributed by atoms with Crippen molar-refractivity contribution in [2.75, 3.05) is 0 Å². The highest BCUT2D eigenvalue weighted by Gasteiger charge is 2.77. The van der Waals surface area contributed by atoms with Crippen molar-refractivity contribution in [2.24, 2.45) is 0 Å². The van der Waals surface area contributed by atoms with E-state index < -0.39 is 11.3 Å². The fourth-order valence-corrected chi connectivity index (χ4v) is 4.13. The highest BCUT2D eigenvalue weighted by atomic mass is 16.7. The van der Waals surface area contributed by atoms with E-state index in [1.165, 1.54) is 0 Å². The van der Waals surface area contributed by atoms with Gasteiger partial charge in [0.1, 0.15) is 5.52 Å². The Bertz CT molecular complexity index is 1160. The number of hydrogen-bond acceptors (Lipinski definition) is 4. The van der Waals surface area contributed by atoms with Crippen LogP contribution in [-0.2, 0) is 16.1 Å². The van der Waals surface area contributed by atoms with Gasteiger partial charge in [0.05, 0.1) is 5.52 Å². The van der Waals surface area contributed by atoms with Crippen LogP contribution < -0.4 is 0 Å². The van der Waals surface area contributed by atoms with Crippen molar-refractivity contribution in [1.82, 2.24) is 15.0 Å². The van der Waals surface area contributed by atoms with Crippen LogP contribution in [0, 0.1) is 0 Å². The predicted octanol–water partition coefficient (Wildman–Crippen LogP) is 4.30. The van der Waals surface area contributed by atoms with Crippen LogP contribution in [0.5, 0.6) is 0 Å². The molecule has 0 amide bonds. The van der Waals surface area contributed by atoms with Gasteiger partial charge in [0.2, 0.25) is 5.78 Å². The molecule has 3 aromatic carbocycles. The molecule has 1 aliphatic rings. The van der Waals surface area contributed by atoms with Gasteiger partial charge in [-0.15, -0.1) is 5.10 Å². The molecule has 4 aromatic rings. The summed E-state index contributed by atoms with van der Waals surface area (Å²) in [7, 11) is 0. The Labute approximate surface area is 162 Å². The predicted molar refractivity (Wildman–Crippen MR) is 106 cm³/mol. The average molecular weight is 369 g/mol. The smallest absolute Gasteiger partial charge is 0.261 e. The number of carbonyl (C=O) groups excluding carboxylic acids is 1. The number of carbonyl (C=O) groups is 1. The molecule has 2 atom stereocenters. The minimum absolute atomic E-state index is 0.116. The molecule has 0 spiro atoms. The molecule has 0 saturated carbocycles. The highest BCUT2D eigenvalue weighted by Crippen LogP contribution is 2.63. The van der Waals surface area contributed by atoms with Gasteiger partial charge < -0.3 is 4.74 Å². The lowest BCUT2D eigenvalue weighted by Gasteiger charge is -2.19. The van der Waals surface area contributed by atoms with Gasteiger partial charge in [-0.3, -0.25) is 4.79 Å². The molecule has 0 aliphatic carbocycles. The largest absolute Gasteiger partial charge is 0.327 e. The van der Waals surface area contributed by atoms with Crippen LogP contribution in [0.15, 0.2) is 84.9 Å². The first-order chi connectivity index (χ1) is 13.7. The van der Waals surface area contributed by atoms with E-state index in [0.29, 0.717) is 12.0 Å². The van der Waals surface area contributed by atoms with E-state index in [1.807, 2.05) is 91.9 Å². The maximum atomic E-state index is 13.8. The Morgan fingerprint density at radius 1 is 0.929 bits per heavy atom. The van der Waals surface area contributed by atoms with Crippen molar-refractivity contribution in [3.8, 4) is 0 Å². The van der Waals surface area contributed by atoms with E-state index in [0.717, 1.165) is 16.6 Å². The van der Waals surface area contributed by atoms with Gasteiger partial charge in [-0.25, -0.2) is 4.68 Å². The van der Waals surface area contributed by atoms with Crippen LogP contribution in [0.2, 0.25) is 0 Å². The topological polar surface area (TPSA) is 60.3 Å². The Kier molecular flexibility index (Phi) is 3.67. The summed E-state index contributed by atoms with van der Waals surface area (Å²) in [4.78, 5) is 13.8. The third-order valence-corrected chi connectivity index (χ3v) is 5.56. The number of hydrogen-bond donors (Lipinski definition) is 0. The zero-order chi connectivity index (χ0) is 19.2. The Balaban J connectivity index is 1.77. The fraction of sp³-hybridized carbons (Fsp3) is 0.174.